The van der Waals surface area contributed by atoms with E-state index in [1.807, 2.05) is 12.1 Å². The van der Waals surface area contributed by atoms with Gasteiger partial charge in [0.05, 0.1) is 19.4 Å². The number of hydrogen-bond donors (Lipinski definition) is 0. The maximum atomic E-state index is 5.25. The summed E-state index contributed by atoms with van der Waals surface area (Å²) < 4.78 is 10.5. The number of nitrogens with zero attached hydrogens (tertiary/aromatic N) is 1. The van der Waals surface area contributed by atoms with Crippen molar-refractivity contribution in [1.29, 1.82) is 0 Å². The fourth-order valence-electron chi connectivity index (χ4n) is 1.01. The molecule has 0 unspecified atom stereocenters. The van der Waals surface area contributed by atoms with Crippen LogP contribution < -0.4 is 0 Å². The monoisotopic (exact) mass is 150 g/mol. The molecular formula is C8H8NO2. The minimum absolute atomic E-state index is 0.247. The van der Waals surface area contributed by atoms with Gasteiger partial charge in [0.25, 0.3) is 0 Å². The number of rotatable bonds is 1. The van der Waals surface area contributed by atoms with Gasteiger partial charge in [0.15, 0.2) is 6.29 Å². The molecule has 0 aliphatic carbocycles. The third-order valence-electron chi connectivity index (χ3n) is 1.51. The van der Waals surface area contributed by atoms with Gasteiger partial charge in [-0.15, -0.1) is 0 Å². The number of pyridine rings is 1. The van der Waals surface area contributed by atoms with E-state index in [-0.39, 0.29) is 6.29 Å². The fourth-order valence-corrected chi connectivity index (χ4v) is 1.01. The van der Waals surface area contributed by atoms with Gasteiger partial charge in [-0.25, -0.2) is 0 Å². The largest absolute Gasteiger partial charge is 0.346 e. The van der Waals surface area contributed by atoms with E-state index in [1.165, 1.54) is 0 Å². The predicted molar refractivity (Wildman–Crippen MR) is 37.7 cm³/mol. The Labute approximate surface area is 65.0 Å². The quantitative estimate of drug-likeness (QED) is 0.596. The summed E-state index contributed by atoms with van der Waals surface area (Å²) in [6.07, 6.45) is 4.24. The second-order valence-corrected chi connectivity index (χ2v) is 2.28. The smallest absolute Gasteiger partial charge is 0.186 e. The molecule has 0 atom stereocenters. The second-order valence-electron chi connectivity index (χ2n) is 2.28. The van der Waals surface area contributed by atoms with Crippen LogP contribution in [0.1, 0.15) is 11.9 Å². The van der Waals surface area contributed by atoms with Crippen molar-refractivity contribution in [2.75, 3.05) is 13.2 Å². The van der Waals surface area contributed by atoms with Gasteiger partial charge in [-0.1, -0.05) is 6.07 Å². The molecule has 0 saturated carbocycles. The average molecular weight is 150 g/mol. The molecule has 1 saturated heterocycles. The lowest BCUT2D eigenvalue weighted by molar-refractivity contribution is -0.0445. The zero-order valence-corrected chi connectivity index (χ0v) is 5.99. The highest BCUT2D eigenvalue weighted by atomic mass is 16.7. The fraction of sp³-hybridized carbons (Fsp3) is 0.375. The highest BCUT2D eigenvalue weighted by Crippen LogP contribution is 2.20. The molecule has 1 fully saturated rings. The van der Waals surface area contributed by atoms with E-state index < -0.39 is 0 Å². The van der Waals surface area contributed by atoms with Crippen molar-refractivity contribution in [2.24, 2.45) is 0 Å². The Morgan fingerprint density at radius 1 is 1.45 bits per heavy atom. The van der Waals surface area contributed by atoms with Crippen LogP contribution in [0.4, 0.5) is 0 Å². The van der Waals surface area contributed by atoms with Crippen LogP contribution in [-0.2, 0) is 9.47 Å². The van der Waals surface area contributed by atoms with Crippen LogP contribution in [0.2, 0.25) is 0 Å². The summed E-state index contributed by atoms with van der Waals surface area (Å²) in [7, 11) is 0. The van der Waals surface area contributed by atoms with Crippen molar-refractivity contribution in [1.82, 2.24) is 4.98 Å². The van der Waals surface area contributed by atoms with Gasteiger partial charge in [-0.2, -0.15) is 0 Å². The summed E-state index contributed by atoms with van der Waals surface area (Å²) in [5.74, 6) is 0. The summed E-state index contributed by atoms with van der Waals surface area (Å²) in [5, 5.41) is 0. The maximum absolute atomic E-state index is 5.25. The zero-order valence-electron chi connectivity index (χ0n) is 5.99. The maximum Gasteiger partial charge on any atom is 0.186 e. The van der Waals surface area contributed by atoms with Crippen LogP contribution in [0.15, 0.2) is 18.3 Å². The molecule has 0 N–H and O–H groups in total. The molecule has 0 aromatic carbocycles. The molecule has 1 aromatic heterocycles. The number of aromatic nitrogens is 1. The summed E-state index contributed by atoms with van der Waals surface area (Å²) in [4.78, 5) is 3.84. The topological polar surface area (TPSA) is 31.4 Å². The van der Waals surface area contributed by atoms with E-state index in [1.54, 1.807) is 6.20 Å². The van der Waals surface area contributed by atoms with Crippen molar-refractivity contribution in [3.05, 3.63) is 30.1 Å². The SMILES string of the molecule is [c]1ncccc1C1OCCO1. The molecule has 0 amide bonds. The van der Waals surface area contributed by atoms with Gasteiger partial charge < -0.3 is 9.47 Å². The van der Waals surface area contributed by atoms with Crippen molar-refractivity contribution in [3.8, 4) is 0 Å². The van der Waals surface area contributed by atoms with Crippen LogP contribution in [0.5, 0.6) is 0 Å². The lowest BCUT2D eigenvalue weighted by atomic mass is 10.3. The molecule has 0 spiro atoms. The summed E-state index contributed by atoms with van der Waals surface area (Å²) in [6, 6.07) is 3.74. The highest BCUT2D eigenvalue weighted by molar-refractivity contribution is 5.08. The Morgan fingerprint density at radius 2 is 2.27 bits per heavy atom. The first-order chi connectivity index (χ1) is 5.47. The predicted octanol–water partition coefficient (Wildman–Crippen LogP) is 0.927. The average Bonchev–Trinajstić information content (AvgIpc) is 2.58. The Balaban J connectivity index is 2.16. The highest BCUT2D eigenvalue weighted by Gasteiger charge is 2.17. The standard InChI is InChI=1S/C8H8NO2/c1-2-7(6-9-3-1)8-10-4-5-11-8/h1-3,8H,4-5H2. The van der Waals surface area contributed by atoms with Crippen molar-refractivity contribution in [3.63, 3.8) is 0 Å². The van der Waals surface area contributed by atoms with Crippen molar-refractivity contribution >= 4 is 0 Å². The van der Waals surface area contributed by atoms with Gasteiger partial charge in [0.2, 0.25) is 0 Å². The van der Waals surface area contributed by atoms with E-state index in [2.05, 4.69) is 11.2 Å². The Hall–Kier alpha value is -0.930. The molecule has 1 aliphatic heterocycles. The molecule has 2 rings (SSSR count). The molecule has 0 bridgehead atoms. The van der Waals surface area contributed by atoms with Crippen LogP contribution in [0, 0.1) is 6.20 Å². The first kappa shape index (κ1) is 6.76. The number of ether oxygens (including phenoxy) is 2. The van der Waals surface area contributed by atoms with E-state index in [0.717, 1.165) is 5.56 Å². The van der Waals surface area contributed by atoms with Crippen LogP contribution >= 0.6 is 0 Å². The summed E-state index contributed by atoms with van der Waals surface area (Å²) in [5.41, 5.74) is 0.866. The van der Waals surface area contributed by atoms with Crippen molar-refractivity contribution in [2.45, 2.75) is 6.29 Å². The molecule has 3 nitrogen and oxygen atoms in total. The summed E-state index contributed by atoms with van der Waals surface area (Å²) in [6.45, 7) is 1.32. The zero-order chi connectivity index (χ0) is 7.52. The van der Waals surface area contributed by atoms with E-state index in [4.69, 9.17) is 9.47 Å². The van der Waals surface area contributed by atoms with E-state index in [0.29, 0.717) is 13.2 Å². The van der Waals surface area contributed by atoms with Crippen molar-refractivity contribution < 1.29 is 9.47 Å². The first-order valence-corrected chi connectivity index (χ1v) is 3.52. The minimum Gasteiger partial charge on any atom is -0.346 e. The Bertz CT molecular complexity index is 219. The first-order valence-electron chi connectivity index (χ1n) is 3.52. The second kappa shape index (κ2) is 2.98. The molecule has 3 heteroatoms. The van der Waals surface area contributed by atoms with Crippen LogP contribution in [0.3, 0.4) is 0 Å². The third-order valence-corrected chi connectivity index (χ3v) is 1.51. The number of hydrogen-bond acceptors (Lipinski definition) is 3. The van der Waals surface area contributed by atoms with Crippen LogP contribution in [-0.4, -0.2) is 18.2 Å². The lowest BCUT2D eigenvalue weighted by Gasteiger charge is -2.06. The molecule has 1 aliphatic rings. The normalized spacial score (nSPS) is 18.9. The lowest BCUT2D eigenvalue weighted by Crippen LogP contribution is -1.97. The Kier molecular flexibility index (Phi) is 1.83. The molecule has 1 aromatic rings. The van der Waals surface area contributed by atoms with Crippen LogP contribution in [0.25, 0.3) is 0 Å². The van der Waals surface area contributed by atoms with Gasteiger partial charge in [-0.05, 0) is 6.07 Å². The third kappa shape index (κ3) is 1.39. The van der Waals surface area contributed by atoms with Gasteiger partial charge in [0.1, 0.15) is 0 Å². The van der Waals surface area contributed by atoms with Gasteiger partial charge >= 0.3 is 0 Å². The molecule has 57 valence electrons. The van der Waals surface area contributed by atoms with E-state index >= 15 is 0 Å². The van der Waals surface area contributed by atoms with Gasteiger partial charge in [-0.3, -0.25) is 4.98 Å². The van der Waals surface area contributed by atoms with E-state index in [9.17, 15) is 0 Å². The molecule has 2 heterocycles. The Morgan fingerprint density at radius 3 is 2.91 bits per heavy atom. The minimum atomic E-state index is -0.247. The molecule has 11 heavy (non-hydrogen) atoms. The summed E-state index contributed by atoms with van der Waals surface area (Å²) >= 11 is 0. The van der Waals surface area contributed by atoms with Gasteiger partial charge in [0, 0.05) is 11.8 Å². The molecular weight excluding hydrogens is 142 g/mol. The molecule has 1 radical (unpaired) electrons.